The number of para-hydroxylation sites is 1. The van der Waals surface area contributed by atoms with Crippen LogP contribution < -0.4 is 15.4 Å². The molecule has 2 heterocycles. The Balaban J connectivity index is 1.42. The van der Waals surface area contributed by atoms with Crippen molar-refractivity contribution in [1.82, 2.24) is 4.90 Å². The van der Waals surface area contributed by atoms with Gasteiger partial charge in [-0.25, -0.2) is 0 Å². The molecule has 9 heteroatoms. The summed E-state index contributed by atoms with van der Waals surface area (Å²) in [7, 11) is 3.19. The lowest BCUT2D eigenvalue weighted by Gasteiger charge is -2.42. The number of likely N-dealkylation sites (N-methyl/N-ethyl adjacent to an activating group) is 1. The number of carbonyl (C=O) groups is 3. The Labute approximate surface area is 198 Å². The fourth-order valence-corrected chi connectivity index (χ4v) is 4.37. The predicted octanol–water partition coefficient (Wildman–Crippen LogP) is 2.68. The maximum Gasteiger partial charge on any atom is 0.257 e. The number of fused-ring (bicyclic) bond motifs is 2. The number of nitrogens with one attached hydrogen (secondary N) is 2. The third kappa shape index (κ3) is 5.55. The Hall–Kier alpha value is -3.43. The van der Waals surface area contributed by atoms with Crippen LogP contribution in [0.15, 0.2) is 48.5 Å². The molecule has 2 aromatic carbocycles. The Morgan fingerprint density at radius 1 is 1.06 bits per heavy atom. The van der Waals surface area contributed by atoms with E-state index in [0.29, 0.717) is 29.8 Å². The van der Waals surface area contributed by atoms with Crippen LogP contribution in [-0.4, -0.2) is 68.2 Å². The molecule has 0 radical (unpaired) electrons. The van der Waals surface area contributed by atoms with Gasteiger partial charge in [0.15, 0.2) is 0 Å². The molecule has 0 bridgehead atoms. The summed E-state index contributed by atoms with van der Waals surface area (Å²) >= 11 is 0. The number of amides is 3. The van der Waals surface area contributed by atoms with E-state index in [1.807, 2.05) is 30.3 Å². The van der Waals surface area contributed by atoms with E-state index in [4.69, 9.17) is 14.2 Å². The van der Waals surface area contributed by atoms with Crippen molar-refractivity contribution in [2.24, 2.45) is 0 Å². The molecule has 3 amide bonds. The summed E-state index contributed by atoms with van der Waals surface area (Å²) in [4.78, 5) is 39.2. The van der Waals surface area contributed by atoms with Gasteiger partial charge in [-0.1, -0.05) is 18.2 Å². The van der Waals surface area contributed by atoms with Gasteiger partial charge in [0.2, 0.25) is 11.8 Å². The van der Waals surface area contributed by atoms with Crippen LogP contribution in [-0.2, 0) is 19.1 Å². The first-order valence-electron chi connectivity index (χ1n) is 11.3. The lowest BCUT2D eigenvalue weighted by atomic mass is 9.94. The molecule has 1 saturated heterocycles. The first kappa shape index (κ1) is 23.7. The third-order valence-electron chi connectivity index (χ3n) is 6.04. The van der Waals surface area contributed by atoms with Crippen LogP contribution in [0.2, 0.25) is 0 Å². The summed E-state index contributed by atoms with van der Waals surface area (Å²) in [5.74, 6) is -0.207. The van der Waals surface area contributed by atoms with Crippen molar-refractivity contribution in [3.63, 3.8) is 0 Å². The lowest BCUT2D eigenvalue weighted by molar-refractivity contribution is -0.130. The second-order valence-electron chi connectivity index (χ2n) is 8.48. The standard InChI is InChI=1S/C25H29N3O6/c1-28-20-10-9-18(13-23(29)26-16-6-4-3-5-7-16)34-22(20)14-33-21-11-8-17(12-19(21)25(28)31)27-24(30)15-32-2/h3-8,11-12,18,20,22H,9-10,13-15H2,1-2H3,(H,26,29)(H,27,30)/t18-,20-,22+/m0/s1. The fraction of sp³-hybridized carbons (Fsp3) is 0.400. The van der Waals surface area contributed by atoms with E-state index in [-0.39, 0.29) is 55.6 Å². The zero-order valence-electron chi connectivity index (χ0n) is 19.3. The molecule has 180 valence electrons. The highest BCUT2D eigenvalue weighted by molar-refractivity contribution is 6.00. The van der Waals surface area contributed by atoms with Crippen LogP contribution in [0.4, 0.5) is 11.4 Å². The van der Waals surface area contributed by atoms with Crippen LogP contribution in [0.1, 0.15) is 29.6 Å². The summed E-state index contributed by atoms with van der Waals surface area (Å²) in [6, 6.07) is 14.1. The summed E-state index contributed by atoms with van der Waals surface area (Å²) in [6.45, 7) is 0.175. The van der Waals surface area contributed by atoms with Crippen molar-refractivity contribution in [2.45, 2.75) is 37.5 Å². The maximum atomic E-state index is 13.3. The number of nitrogens with zero attached hydrogens (tertiary/aromatic N) is 1. The highest BCUT2D eigenvalue weighted by atomic mass is 16.5. The fourth-order valence-electron chi connectivity index (χ4n) is 4.37. The first-order chi connectivity index (χ1) is 16.4. The van der Waals surface area contributed by atoms with E-state index in [1.54, 1.807) is 30.1 Å². The van der Waals surface area contributed by atoms with Gasteiger partial charge in [0.05, 0.1) is 24.1 Å². The van der Waals surface area contributed by atoms with Crippen LogP contribution in [0.25, 0.3) is 0 Å². The first-order valence-corrected chi connectivity index (χ1v) is 11.3. The normalized spacial score (nSPS) is 21.9. The molecule has 4 rings (SSSR count). The van der Waals surface area contributed by atoms with Gasteiger partial charge in [0.1, 0.15) is 25.1 Å². The minimum absolute atomic E-state index is 0.0763. The molecule has 9 nitrogen and oxygen atoms in total. The highest BCUT2D eigenvalue weighted by Gasteiger charge is 2.39. The molecular weight excluding hydrogens is 438 g/mol. The Kier molecular flexibility index (Phi) is 7.44. The van der Waals surface area contributed by atoms with Gasteiger partial charge in [0.25, 0.3) is 5.91 Å². The predicted molar refractivity (Wildman–Crippen MR) is 126 cm³/mol. The van der Waals surface area contributed by atoms with E-state index in [9.17, 15) is 14.4 Å². The minimum atomic E-state index is -0.355. The number of hydrogen-bond acceptors (Lipinski definition) is 6. The molecule has 0 spiro atoms. The van der Waals surface area contributed by atoms with E-state index >= 15 is 0 Å². The number of anilines is 2. The van der Waals surface area contributed by atoms with Crippen LogP contribution in [0.5, 0.6) is 5.75 Å². The Bertz CT molecular complexity index is 1040. The maximum absolute atomic E-state index is 13.3. The van der Waals surface area contributed by atoms with Gasteiger partial charge in [-0.2, -0.15) is 0 Å². The van der Waals surface area contributed by atoms with E-state index in [0.717, 1.165) is 5.69 Å². The summed E-state index contributed by atoms with van der Waals surface area (Å²) in [5, 5.41) is 5.60. The number of carbonyl (C=O) groups excluding carboxylic acids is 3. The highest BCUT2D eigenvalue weighted by Crippen LogP contribution is 2.32. The largest absolute Gasteiger partial charge is 0.490 e. The van der Waals surface area contributed by atoms with Crippen molar-refractivity contribution in [3.8, 4) is 5.75 Å². The molecule has 2 aliphatic rings. The quantitative estimate of drug-likeness (QED) is 0.677. The molecule has 3 atom stereocenters. The van der Waals surface area contributed by atoms with Gasteiger partial charge in [0, 0.05) is 25.5 Å². The lowest BCUT2D eigenvalue weighted by Crippen LogP contribution is -2.53. The summed E-state index contributed by atoms with van der Waals surface area (Å²) in [6.07, 6.45) is 0.970. The SMILES string of the molecule is COCC(=O)Nc1ccc2c(c1)C(=O)N(C)[C@H]1CC[C@@H](CC(=O)Nc3ccccc3)O[C@@H]1CO2. The number of benzene rings is 2. The molecule has 0 aliphatic carbocycles. The molecular formula is C25H29N3O6. The molecule has 0 aromatic heterocycles. The van der Waals surface area contributed by atoms with Gasteiger partial charge >= 0.3 is 0 Å². The Morgan fingerprint density at radius 3 is 2.59 bits per heavy atom. The molecule has 2 aromatic rings. The monoisotopic (exact) mass is 467 g/mol. The van der Waals surface area contributed by atoms with Gasteiger partial charge < -0.3 is 29.7 Å². The third-order valence-corrected chi connectivity index (χ3v) is 6.04. The Morgan fingerprint density at radius 2 is 1.82 bits per heavy atom. The van der Waals surface area contributed by atoms with Crippen LogP contribution in [0.3, 0.4) is 0 Å². The van der Waals surface area contributed by atoms with E-state index < -0.39 is 0 Å². The topological polar surface area (TPSA) is 106 Å². The smallest absolute Gasteiger partial charge is 0.257 e. The average molecular weight is 468 g/mol. The van der Waals surface area contributed by atoms with E-state index in [2.05, 4.69) is 10.6 Å². The van der Waals surface area contributed by atoms with Crippen molar-refractivity contribution >= 4 is 29.1 Å². The molecule has 0 saturated carbocycles. The number of ether oxygens (including phenoxy) is 3. The van der Waals surface area contributed by atoms with Crippen LogP contribution in [0, 0.1) is 0 Å². The second kappa shape index (κ2) is 10.7. The second-order valence-corrected chi connectivity index (χ2v) is 8.48. The molecule has 0 unspecified atom stereocenters. The van der Waals surface area contributed by atoms with Crippen molar-refractivity contribution < 1.29 is 28.6 Å². The summed E-state index contributed by atoms with van der Waals surface area (Å²) < 4.78 is 17.0. The van der Waals surface area contributed by atoms with E-state index in [1.165, 1.54) is 7.11 Å². The van der Waals surface area contributed by atoms with Gasteiger partial charge in [-0.3, -0.25) is 14.4 Å². The number of methoxy groups -OCH3 is 1. The van der Waals surface area contributed by atoms with Gasteiger partial charge in [-0.15, -0.1) is 0 Å². The number of hydrogen-bond donors (Lipinski definition) is 2. The molecule has 2 N–H and O–H groups in total. The van der Waals surface area contributed by atoms with Crippen molar-refractivity contribution in [3.05, 3.63) is 54.1 Å². The van der Waals surface area contributed by atoms with Gasteiger partial charge in [-0.05, 0) is 43.2 Å². The zero-order chi connectivity index (χ0) is 24.1. The summed E-state index contributed by atoms with van der Waals surface area (Å²) in [5.41, 5.74) is 1.61. The van der Waals surface area contributed by atoms with Crippen molar-refractivity contribution in [1.29, 1.82) is 0 Å². The number of rotatable bonds is 6. The molecule has 34 heavy (non-hydrogen) atoms. The zero-order valence-corrected chi connectivity index (χ0v) is 19.3. The minimum Gasteiger partial charge on any atom is -0.490 e. The molecule has 2 aliphatic heterocycles. The average Bonchev–Trinajstić information content (AvgIpc) is 2.82. The molecule has 1 fully saturated rings. The van der Waals surface area contributed by atoms with Crippen molar-refractivity contribution in [2.75, 3.05) is 38.0 Å². The van der Waals surface area contributed by atoms with Crippen LogP contribution >= 0.6 is 0 Å².